The fraction of sp³-hybridized carbons (Fsp3) is 0.143. The molecule has 0 aliphatic carbocycles. The number of halogens is 1. The predicted molar refractivity (Wildman–Crippen MR) is 79.6 cm³/mol. The van der Waals surface area contributed by atoms with E-state index >= 15 is 0 Å². The van der Waals surface area contributed by atoms with Crippen LogP contribution >= 0.6 is 11.6 Å². The summed E-state index contributed by atoms with van der Waals surface area (Å²) in [4.78, 5) is 15.9. The number of esters is 1. The van der Waals surface area contributed by atoms with Gasteiger partial charge in [0.05, 0.1) is 23.5 Å². The average Bonchev–Trinajstić information content (AvgIpc) is 2.43. The molecule has 0 unspecified atom stereocenters. The van der Waals surface area contributed by atoms with Gasteiger partial charge in [0.25, 0.3) is 0 Å². The molecule has 5 nitrogen and oxygen atoms in total. The van der Waals surface area contributed by atoms with E-state index in [2.05, 4.69) is 9.72 Å². The molecule has 2 rings (SSSR count). The molecule has 0 aliphatic rings. The van der Waals surface area contributed by atoms with Crippen molar-refractivity contribution in [2.45, 2.75) is 6.92 Å². The van der Waals surface area contributed by atoms with Gasteiger partial charge in [0.1, 0.15) is 0 Å². The van der Waals surface area contributed by atoms with Crippen LogP contribution in [-0.2, 0) is 4.74 Å². The van der Waals surface area contributed by atoms with Crippen molar-refractivity contribution >= 4 is 28.9 Å². The van der Waals surface area contributed by atoms with Crippen LogP contribution in [0.4, 0.5) is 11.4 Å². The third kappa shape index (κ3) is 2.53. The fourth-order valence-corrected chi connectivity index (χ4v) is 1.98. The minimum atomic E-state index is -0.644. The number of benzene rings is 1. The zero-order chi connectivity index (χ0) is 14.9. The van der Waals surface area contributed by atoms with E-state index in [0.29, 0.717) is 16.9 Å². The summed E-state index contributed by atoms with van der Waals surface area (Å²) in [6.07, 6.45) is 0. The lowest BCUT2D eigenvalue weighted by Crippen LogP contribution is -2.08. The third-order valence-electron chi connectivity index (χ3n) is 2.85. The summed E-state index contributed by atoms with van der Waals surface area (Å²) < 4.78 is 4.64. The van der Waals surface area contributed by atoms with Crippen LogP contribution in [0.5, 0.6) is 0 Å². The van der Waals surface area contributed by atoms with Gasteiger partial charge in [-0.2, -0.15) is 0 Å². The first-order valence-electron chi connectivity index (χ1n) is 5.85. The Kier molecular flexibility index (Phi) is 3.81. The van der Waals surface area contributed by atoms with Gasteiger partial charge in [0, 0.05) is 11.3 Å². The molecule has 1 aromatic carbocycles. The second-order valence-electron chi connectivity index (χ2n) is 4.34. The Hall–Kier alpha value is -2.27. The highest BCUT2D eigenvalue weighted by molar-refractivity contribution is 6.35. The molecule has 0 amide bonds. The SMILES string of the molecule is COC(=O)c1nc(-c2cc(C)ccc2N)cc(N)c1Cl. The van der Waals surface area contributed by atoms with Gasteiger partial charge in [-0.1, -0.05) is 23.2 Å². The number of anilines is 2. The monoisotopic (exact) mass is 291 g/mol. The summed E-state index contributed by atoms with van der Waals surface area (Å²) in [7, 11) is 1.25. The summed E-state index contributed by atoms with van der Waals surface area (Å²) in [6.45, 7) is 1.93. The van der Waals surface area contributed by atoms with Crippen molar-refractivity contribution in [1.29, 1.82) is 0 Å². The zero-order valence-corrected chi connectivity index (χ0v) is 11.9. The normalized spacial score (nSPS) is 10.3. The minimum Gasteiger partial charge on any atom is -0.464 e. The average molecular weight is 292 g/mol. The third-order valence-corrected chi connectivity index (χ3v) is 3.25. The number of hydrogen-bond donors (Lipinski definition) is 2. The molecule has 0 atom stereocenters. The first-order chi connectivity index (χ1) is 9.43. The van der Waals surface area contributed by atoms with E-state index < -0.39 is 5.97 Å². The number of pyridine rings is 1. The van der Waals surface area contributed by atoms with Crippen LogP contribution in [-0.4, -0.2) is 18.1 Å². The van der Waals surface area contributed by atoms with Crippen LogP contribution in [0.15, 0.2) is 24.3 Å². The van der Waals surface area contributed by atoms with Crippen LogP contribution in [0.2, 0.25) is 5.02 Å². The van der Waals surface area contributed by atoms with Crippen molar-refractivity contribution in [3.63, 3.8) is 0 Å². The Morgan fingerprint density at radius 2 is 1.95 bits per heavy atom. The van der Waals surface area contributed by atoms with Gasteiger partial charge in [-0.15, -0.1) is 0 Å². The number of carbonyl (C=O) groups is 1. The number of carbonyl (C=O) groups excluding carboxylic acids is 1. The van der Waals surface area contributed by atoms with Crippen molar-refractivity contribution in [3.8, 4) is 11.3 Å². The second kappa shape index (κ2) is 5.38. The van der Waals surface area contributed by atoms with E-state index in [9.17, 15) is 4.79 Å². The van der Waals surface area contributed by atoms with Gasteiger partial charge < -0.3 is 16.2 Å². The highest BCUT2D eigenvalue weighted by Gasteiger charge is 2.18. The maximum Gasteiger partial charge on any atom is 0.358 e. The number of aryl methyl sites for hydroxylation is 1. The quantitative estimate of drug-likeness (QED) is 0.655. The van der Waals surface area contributed by atoms with Gasteiger partial charge in [0.2, 0.25) is 0 Å². The molecule has 20 heavy (non-hydrogen) atoms. The van der Waals surface area contributed by atoms with Gasteiger partial charge in [0.15, 0.2) is 5.69 Å². The minimum absolute atomic E-state index is 0.0231. The summed E-state index contributed by atoms with van der Waals surface area (Å²) in [5, 5.41) is 0.0758. The molecule has 0 spiro atoms. The smallest absolute Gasteiger partial charge is 0.358 e. The summed E-state index contributed by atoms with van der Waals surface area (Å²) in [5.74, 6) is -0.644. The number of nitrogens with two attached hydrogens (primary N) is 2. The lowest BCUT2D eigenvalue weighted by molar-refractivity contribution is 0.0594. The van der Waals surface area contributed by atoms with E-state index in [4.69, 9.17) is 23.1 Å². The molecule has 2 aromatic rings. The van der Waals surface area contributed by atoms with E-state index in [0.717, 1.165) is 5.56 Å². The fourth-order valence-electron chi connectivity index (χ4n) is 1.81. The topological polar surface area (TPSA) is 91.2 Å². The molecule has 104 valence electrons. The van der Waals surface area contributed by atoms with Crippen molar-refractivity contribution in [2.75, 3.05) is 18.6 Å². The number of rotatable bonds is 2. The predicted octanol–water partition coefficient (Wildman–Crippen LogP) is 2.66. The largest absolute Gasteiger partial charge is 0.464 e. The summed E-state index contributed by atoms with van der Waals surface area (Å²) in [5.41, 5.74) is 14.7. The zero-order valence-electron chi connectivity index (χ0n) is 11.1. The number of aromatic nitrogens is 1. The Balaban J connectivity index is 2.66. The molecule has 6 heteroatoms. The maximum absolute atomic E-state index is 11.7. The van der Waals surface area contributed by atoms with Crippen LogP contribution in [0, 0.1) is 6.92 Å². The van der Waals surface area contributed by atoms with Crippen molar-refractivity contribution < 1.29 is 9.53 Å². The molecular weight excluding hydrogens is 278 g/mol. The van der Waals surface area contributed by atoms with Crippen LogP contribution < -0.4 is 11.5 Å². The first kappa shape index (κ1) is 14.1. The van der Waals surface area contributed by atoms with Crippen molar-refractivity contribution in [2.24, 2.45) is 0 Å². The lowest BCUT2D eigenvalue weighted by Gasteiger charge is -2.10. The summed E-state index contributed by atoms with van der Waals surface area (Å²) >= 11 is 5.98. The first-order valence-corrected chi connectivity index (χ1v) is 6.22. The van der Waals surface area contributed by atoms with Crippen LogP contribution in [0.1, 0.15) is 16.1 Å². The van der Waals surface area contributed by atoms with Crippen LogP contribution in [0.3, 0.4) is 0 Å². The summed E-state index contributed by atoms with van der Waals surface area (Å²) in [6, 6.07) is 7.11. The molecule has 1 heterocycles. The Morgan fingerprint density at radius 1 is 1.25 bits per heavy atom. The number of methoxy groups -OCH3 is 1. The number of nitrogens with zero attached hydrogens (tertiary/aromatic N) is 1. The molecule has 0 saturated carbocycles. The Bertz CT molecular complexity index is 686. The Labute approximate surface area is 121 Å². The number of hydrogen-bond acceptors (Lipinski definition) is 5. The molecule has 0 aliphatic heterocycles. The molecule has 0 bridgehead atoms. The van der Waals surface area contributed by atoms with E-state index in [-0.39, 0.29) is 16.4 Å². The Morgan fingerprint density at radius 3 is 2.60 bits per heavy atom. The van der Waals surface area contributed by atoms with E-state index in [1.54, 1.807) is 12.1 Å². The highest BCUT2D eigenvalue weighted by atomic mass is 35.5. The lowest BCUT2D eigenvalue weighted by atomic mass is 10.1. The number of ether oxygens (including phenoxy) is 1. The van der Waals surface area contributed by atoms with E-state index in [1.807, 2.05) is 19.1 Å². The molecule has 4 N–H and O–H groups in total. The van der Waals surface area contributed by atoms with Crippen LogP contribution in [0.25, 0.3) is 11.3 Å². The maximum atomic E-state index is 11.7. The van der Waals surface area contributed by atoms with Gasteiger partial charge in [-0.25, -0.2) is 9.78 Å². The molecule has 0 fully saturated rings. The number of nitrogen functional groups attached to an aromatic ring is 2. The highest BCUT2D eigenvalue weighted by Crippen LogP contribution is 2.31. The van der Waals surface area contributed by atoms with E-state index in [1.165, 1.54) is 7.11 Å². The van der Waals surface area contributed by atoms with Gasteiger partial charge >= 0.3 is 5.97 Å². The standard InChI is InChI=1S/C14H14ClN3O2/c1-7-3-4-9(16)8(5-7)11-6-10(17)12(15)13(18-11)14(19)20-2/h3-6H,16H2,1-2H3,(H2,17,18). The molecule has 0 saturated heterocycles. The van der Waals surface area contributed by atoms with Crippen molar-refractivity contribution in [3.05, 3.63) is 40.5 Å². The molecule has 0 radical (unpaired) electrons. The van der Waals surface area contributed by atoms with Gasteiger partial charge in [-0.3, -0.25) is 0 Å². The second-order valence-corrected chi connectivity index (χ2v) is 4.72. The molecule has 1 aromatic heterocycles. The van der Waals surface area contributed by atoms with Gasteiger partial charge in [-0.05, 0) is 25.1 Å². The molecular formula is C14H14ClN3O2. The van der Waals surface area contributed by atoms with Crippen molar-refractivity contribution in [1.82, 2.24) is 4.98 Å².